The van der Waals surface area contributed by atoms with Gasteiger partial charge in [0.05, 0.1) is 19.8 Å². The fourth-order valence-corrected chi connectivity index (χ4v) is 2.35. The fraction of sp³-hybridized carbons (Fsp3) is 0.562. The van der Waals surface area contributed by atoms with E-state index < -0.39 is 0 Å². The van der Waals surface area contributed by atoms with Gasteiger partial charge in [-0.25, -0.2) is 4.39 Å². The number of nitrogens with zero attached hydrogens (tertiary/aromatic N) is 1. The van der Waals surface area contributed by atoms with Crippen LogP contribution in [0.2, 0.25) is 0 Å². The molecule has 1 saturated heterocycles. The standard InChI is InChI=1S/C16H24FN3O2/c17-15-5-2-1-4-14(15)12-19-16(21)13-18-6-3-7-20-8-10-22-11-9-20/h1-2,4-5,18H,3,6-13H2,(H,19,21). The van der Waals surface area contributed by atoms with E-state index in [4.69, 9.17) is 4.74 Å². The summed E-state index contributed by atoms with van der Waals surface area (Å²) < 4.78 is 18.7. The van der Waals surface area contributed by atoms with Crippen LogP contribution in [0.25, 0.3) is 0 Å². The molecule has 5 nitrogen and oxygen atoms in total. The third-order valence-electron chi connectivity index (χ3n) is 3.65. The molecule has 1 aromatic carbocycles. The van der Waals surface area contributed by atoms with Crippen molar-refractivity contribution in [1.29, 1.82) is 0 Å². The molecule has 2 rings (SSSR count). The lowest BCUT2D eigenvalue weighted by molar-refractivity contribution is -0.120. The fourth-order valence-electron chi connectivity index (χ4n) is 2.35. The Morgan fingerprint density at radius 3 is 2.82 bits per heavy atom. The first-order chi connectivity index (χ1) is 10.8. The number of hydrogen-bond donors (Lipinski definition) is 2. The van der Waals surface area contributed by atoms with Crippen molar-refractivity contribution >= 4 is 5.91 Å². The van der Waals surface area contributed by atoms with Crippen molar-refractivity contribution in [3.05, 3.63) is 35.6 Å². The van der Waals surface area contributed by atoms with Crippen molar-refractivity contribution in [3.8, 4) is 0 Å². The minimum Gasteiger partial charge on any atom is -0.379 e. The van der Waals surface area contributed by atoms with E-state index in [1.807, 2.05) is 0 Å². The molecule has 122 valence electrons. The molecule has 0 saturated carbocycles. The van der Waals surface area contributed by atoms with Gasteiger partial charge in [0.15, 0.2) is 0 Å². The van der Waals surface area contributed by atoms with Crippen LogP contribution in [0.4, 0.5) is 4.39 Å². The van der Waals surface area contributed by atoms with Gasteiger partial charge in [0.2, 0.25) is 5.91 Å². The molecule has 0 atom stereocenters. The van der Waals surface area contributed by atoms with Gasteiger partial charge in [0.1, 0.15) is 5.82 Å². The van der Waals surface area contributed by atoms with Gasteiger partial charge in [-0.2, -0.15) is 0 Å². The summed E-state index contributed by atoms with van der Waals surface area (Å²) in [5, 5.41) is 5.82. The van der Waals surface area contributed by atoms with Crippen LogP contribution in [0.3, 0.4) is 0 Å². The van der Waals surface area contributed by atoms with Gasteiger partial charge in [0.25, 0.3) is 0 Å². The zero-order valence-corrected chi connectivity index (χ0v) is 12.8. The minimum atomic E-state index is -0.290. The second kappa shape index (κ2) is 9.50. The average molecular weight is 309 g/mol. The third-order valence-corrected chi connectivity index (χ3v) is 3.65. The summed E-state index contributed by atoms with van der Waals surface area (Å²) in [5.74, 6) is -0.407. The molecular weight excluding hydrogens is 285 g/mol. The summed E-state index contributed by atoms with van der Waals surface area (Å²) in [6.45, 7) is 5.90. The summed E-state index contributed by atoms with van der Waals surface area (Å²) in [5.41, 5.74) is 0.503. The molecule has 0 radical (unpaired) electrons. The number of carbonyl (C=O) groups is 1. The van der Waals surface area contributed by atoms with Gasteiger partial charge in [-0.05, 0) is 25.6 Å². The van der Waals surface area contributed by atoms with Crippen LogP contribution in [0.1, 0.15) is 12.0 Å². The lowest BCUT2D eigenvalue weighted by atomic mass is 10.2. The van der Waals surface area contributed by atoms with E-state index in [1.54, 1.807) is 18.2 Å². The molecular formula is C16H24FN3O2. The van der Waals surface area contributed by atoms with Crippen molar-refractivity contribution in [2.75, 3.05) is 45.9 Å². The number of halogens is 1. The third kappa shape index (κ3) is 6.09. The van der Waals surface area contributed by atoms with Crippen LogP contribution in [0.15, 0.2) is 24.3 Å². The second-order valence-electron chi connectivity index (χ2n) is 5.35. The Hall–Kier alpha value is -1.50. The monoisotopic (exact) mass is 309 g/mol. The molecule has 2 N–H and O–H groups in total. The van der Waals surface area contributed by atoms with E-state index in [2.05, 4.69) is 15.5 Å². The number of carbonyl (C=O) groups excluding carboxylic acids is 1. The highest BCUT2D eigenvalue weighted by atomic mass is 19.1. The molecule has 1 aliphatic heterocycles. The van der Waals surface area contributed by atoms with Crippen LogP contribution < -0.4 is 10.6 Å². The number of benzene rings is 1. The van der Waals surface area contributed by atoms with E-state index >= 15 is 0 Å². The predicted octanol–water partition coefficient (Wildman–Crippen LogP) is 0.754. The lowest BCUT2D eigenvalue weighted by Crippen LogP contribution is -2.38. The Balaban J connectivity index is 1.51. The van der Waals surface area contributed by atoms with Crippen LogP contribution >= 0.6 is 0 Å². The summed E-state index contributed by atoms with van der Waals surface area (Å²) in [6.07, 6.45) is 1.00. The Morgan fingerprint density at radius 2 is 2.05 bits per heavy atom. The molecule has 6 heteroatoms. The summed E-state index contributed by atoms with van der Waals surface area (Å²) in [4.78, 5) is 14.0. The number of amides is 1. The minimum absolute atomic E-state index is 0.116. The van der Waals surface area contributed by atoms with E-state index in [0.717, 1.165) is 45.8 Å². The van der Waals surface area contributed by atoms with Crippen molar-refractivity contribution in [1.82, 2.24) is 15.5 Å². The Labute approximate surface area is 130 Å². The lowest BCUT2D eigenvalue weighted by Gasteiger charge is -2.26. The van der Waals surface area contributed by atoms with E-state index in [9.17, 15) is 9.18 Å². The Bertz CT molecular complexity index is 464. The van der Waals surface area contributed by atoms with Crippen LogP contribution in [0.5, 0.6) is 0 Å². The molecule has 1 fully saturated rings. The zero-order valence-electron chi connectivity index (χ0n) is 12.8. The van der Waals surface area contributed by atoms with E-state index in [0.29, 0.717) is 5.56 Å². The first-order valence-electron chi connectivity index (χ1n) is 7.76. The van der Waals surface area contributed by atoms with Gasteiger partial charge >= 0.3 is 0 Å². The zero-order chi connectivity index (χ0) is 15.6. The molecule has 0 unspecified atom stereocenters. The predicted molar refractivity (Wildman–Crippen MR) is 83.0 cm³/mol. The highest BCUT2D eigenvalue weighted by Gasteiger charge is 2.09. The molecule has 22 heavy (non-hydrogen) atoms. The molecule has 1 aliphatic rings. The maximum atomic E-state index is 13.4. The molecule has 0 aliphatic carbocycles. The molecule has 0 aromatic heterocycles. The Morgan fingerprint density at radius 1 is 1.27 bits per heavy atom. The topological polar surface area (TPSA) is 53.6 Å². The van der Waals surface area contributed by atoms with Crippen LogP contribution in [0, 0.1) is 5.82 Å². The smallest absolute Gasteiger partial charge is 0.234 e. The Kier molecular flexibility index (Phi) is 7.28. The van der Waals surface area contributed by atoms with Gasteiger partial charge < -0.3 is 15.4 Å². The van der Waals surface area contributed by atoms with Gasteiger partial charge in [-0.1, -0.05) is 18.2 Å². The van der Waals surface area contributed by atoms with Gasteiger partial charge in [-0.15, -0.1) is 0 Å². The second-order valence-corrected chi connectivity index (χ2v) is 5.35. The molecule has 0 bridgehead atoms. The average Bonchev–Trinajstić information content (AvgIpc) is 2.55. The van der Waals surface area contributed by atoms with Crippen molar-refractivity contribution in [2.45, 2.75) is 13.0 Å². The first-order valence-corrected chi connectivity index (χ1v) is 7.76. The van der Waals surface area contributed by atoms with Crippen LogP contribution in [-0.4, -0.2) is 56.7 Å². The van der Waals surface area contributed by atoms with Gasteiger partial charge in [0, 0.05) is 25.2 Å². The highest BCUT2D eigenvalue weighted by molar-refractivity contribution is 5.77. The highest BCUT2D eigenvalue weighted by Crippen LogP contribution is 2.05. The van der Waals surface area contributed by atoms with E-state index in [1.165, 1.54) is 6.07 Å². The normalized spacial score (nSPS) is 15.7. The number of hydrogen-bond acceptors (Lipinski definition) is 4. The summed E-state index contributed by atoms with van der Waals surface area (Å²) >= 11 is 0. The van der Waals surface area contributed by atoms with Crippen molar-refractivity contribution in [2.24, 2.45) is 0 Å². The quantitative estimate of drug-likeness (QED) is 0.696. The maximum absolute atomic E-state index is 13.4. The first kappa shape index (κ1) is 16.9. The van der Waals surface area contributed by atoms with Crippen molar-refractivity contribution in [3.63, 3.8) is 0 Å². The van der Waals surface area contributed by atoms with Crippen molar-refractivity contribution < 1.29 is 13.9 Å². The van der Waals surface area contributed by atoms with Crippen LogP contribution in [-0.2, 0) is 16.1 Å². The number of morpholine rings is 1. The summed E-state index contributed by atoms with van der Waals surface area (Å²) in [7, 11) is 0. The van der Waals surface area contributed by atoms with Gasteiger partial charge in [-0.3, -0.25) is 9.69 Å². The number of nitrogens with one attached hydrogen (secondary N) is 2. The molecule has 1 aromatic rings. The number of ether oxygens (including phenoxy) is 1. The maximum Gasteiger partial charge on any atom is 0.234 e. The summed E-state index contributed by atoms with van der Waals surface area (Å²) in [6, 6.07) is 6.46. The largest absolute Gasteiger partial charge is 0.379 e. The molecule has 1 heterocycles. The van der Waals surface area contributed by atoms with E-state index in [-0.39, 0.29) is 24.8 Å². The SMILES string of the molecule is O=C(CNCCCN1CCOCC1)NCc1ccccc1F. The molecule has 1 amide bonds. The molecule has 0 spiro atoms. The number of rotatable bonds is 8.